The molecular formula is C20H15F3N2. The Morgan fingerprint density at radius 1 is 1.00 bits per heavy atom. The van der Waals surface area contributed by atoms with Gasteiger partial charge in [-0.2, -0.15) is 13.2 Å². The summed E-state index contributed by atoms with van der Waals surface area (Å²) in [5.74, 6) is 0. The van der Waals surface area contributed by atoms with E-state index in [1.165, 1.54) is 12.1 Å². The summed E-state index contributed by atoms with van der Waals surface area (Å²) in [6, 6.07) is 15.2. The molecule has 1 aliphatic rings. The van der Waals surface area contributed by atoms with E-state index in [1.807, 2.05) is 54.1 Å². The van der Waals surface area contributed by atoms with Crippen LogP contribution >= 0.6 is 0 Å². The zero-order valence-electron chi connectivity index (χ0n) is 13.5. The predicted octanol–water partition coefficient (Wildman–Crippen LogP) is 5.16. The van der Waals surface area contributed by atoms with Gasteiger partial charge in [0, 0.05) is 23.0 Å². The molecule has 0 N–H and O–H groups in total. The van der Waals surface area contributed by atoms with Crippen LogP contribution in [0.4, 0.5) is 13.2 Å². The normalized spacial score (nSPS) is 13.7. The number of aromatic nitrogens is 1. The van der Waals surface area contributed by atoms with Crippen molar-refractivity contribution in [1.82, 2.24) is 4.57 Å². The maximum Gasteiger partial charge on any atom is 0.416 e. The number of benzene rings is 2. The van der Waals surface area contributed by atoms with Crippen LogP contribution in [0.15, 0.2) is 65.8 Å². The molecule has 25 heavy (non-hydrogen) atoms. The Labute approximate surface area is 143 Å². The van der Waals surface area contributed by atoms with Gasteiger partial charge in [0.25, 0.3) is 0 Å². The van der Waals surface area contributed by atoms with Crippen molar-refractivity contribution < 1.29 is 13.2 Å². The van der Waals surface area contributed by atoms with Gasteiger partial charge in [-0.05, 0) is 36.8 Å². The fraction of sp³-hybridized carbons (Fsp3) is 0.150. The Balaban J connectivity index is 2.00. The van der Waals surface area contributed by atoms with E-state index < -0.39 is 11.7 Å². The van der Waals surface area contributed by atoms with Crippen LogP contribution in [-0.4, -0.2) is 10.3 Å². The zero-order valence-corrected chi connectivity index (χ0v) is 13.5. The van der Waals surface area contributed by atoms with Crippen LogP contribution in [-0.2, 0) is 12.7 Å². The van der Waals surface area contributed by atoms with Crippen LogP contribution in [0.3, 0.4) is 0 Å². The summed E-state index contributed by atoms with van der Waals surface area (Å²) in [6.45, 7) is 2.41. The fourth-order valence-corrected chi connectivity index (χ4v) is 3.18. The molecule has 0 aliphatic carbocycles. The van der Waals surface area contributed by atoms with E-state index in [1.54, 1.807) is 0 Å². The topological polar surface area (TPSA) is 17.3 Å². The summed E-state index contributed by atoms with van der Waals surface area (Å²) in [5, 5.41) is 0. The molecule has 0 saturated heterocycles. The SMILES string of the molecule is Cc1ccn2c1CN=C(c1ccccc1)c1cc(C(F)(F)F)ccc1-2. The quantitative estimate of drug-likeness (QED) is 0.582. The third kappa shape index (κ3) is 2.65. The van der Waals surface area contributed by atoms with E-state index in [2.05, 4.69) is 4.99 Å². The minimum atomic E-state index is -4.39. The third-order valence-corrected chi connectivity index (χ3v) is 4.49. The van der Waals surface area contributed by atoms with Gasteiger partial charge in [-0.3, -0.25) is 4.99 Å². The molecule has 1 aliphatic heterocycles. The summed E-state index contributed by atoms with van der Waals surface area (Å²) in [6.07, 6.45) is -2.50. The summed E-state index contributed by atoms with van der Waals surface area (Å²) in [7, 11) is 0. The zero-order chi connectivity index (χ0) is 17.6. The lowest BCUT2D eigenvalue weighted by Crippen LogP contribution is -2.11. The minimum absolute atomic E-state index is 0.430. The van der Waals surface area contributed by atoms with E-state index in [0.717, 1.165) is 28.6 Å². The van der Waals surface area contributed by atoms with Crippen LogP contribution < -0.4 is 0 Å². The highest BCUT2D eigenvalue weighted by molar-refractivity contribution is 6.15. The molecule has 126 valence electrons. The van der Waals surface area contributed by atoms with Gasteiger partial charge in [0.1, 0.15) is 0 Å². The summed E-state index contributed by atoms with van der Waals surface area (Å²) in [4.78, 5) is 4.66. The first-order valence-electron chi connectivity index (χ1n) is 7.94. The Bertz CT molecular complexity index is 966. The van der Waals surface area contributed by atoms with Crippen molar-refractivity contribution in [2.75, 3.05) is 0 Å². The molecule has 2 aromatic carbocycles. The van der Waals surface area contributed by atoms with Crippen molar-refractivity contribution in [3.05, 3.63) is 88.7 Å². The van der Waals surface area contributed by atoms with Crippen molar-refractivity contribution in [3.8, 4) is 5.69 Å². The lowest BCUT2D eigenvalue weighted by atomic mass is 9.98. The highest BCUT2D eigenvalue weighted by Crippen LogP contribution is 2.34. The molecule has 2 heterocycles. The Kier molecular flexibility index (Phi) is 3.53. The molecule has 4 rings (SSSR count). The molecule has 0 fully saturated rings. The molecule has 0 amide bonds. The standard InChI is InChI=1S/C20H15F3N2/c1-13-9-10-25-17-8-7-15(20(21,22)23)11-16(17)19(24-12-18(13)25)14-5-3-2-4-6-14/h2-11H,12H2,1H3. The van der Waals surface area contributed by atoms with Crippen molar-refractivity contribution in [1.29, 1.82) is 0 Å². The molecule has 0 bridgehead atoms. The van der Waals surface area contributed by atoms with Gasteiger partial charge in [-0.25, -0.2) is 0 Å². The van der Waals surface area contributed by atoms with E-state index in [-0.39, 0.29) is 0 Å². The third-order valence-electron chi connectivity index (χ3n) is 4.49. The first kappa shape index (κ1) is 15.7. The number of alkyl halides is 3. The van der Waals surface area contributed by atoms with Crippen LogP contribution in [0.25, 0.3) is 5.69 Å². The van der Waals surface area contributed by atoms with Gasteiger partial charge in [-0.15, -0.1) is 0 Å². The van der Waals surface area contributed by atoms with Gasteiger partial charge in [0.2, 0.25) is 0 Å². The van der Waals surface area contributed by atoms with E-state index in [0.29, 0.717) is 17.8 Å². The average Bonchev–Trinajstić information content (AvgIpc) is 2.87. The monoisotopic (exact) mass is 340 g/mol. The largest absolute Gasteiger partial charge is 0.416 e. The number of fused-ring (bicyclic) bond motifs is 3. The first-order valence-corrected chi connectivity index (χ1v) is 7.94. The van der Waals surface area contributed by atoms with Crippen LogP contribution in [0, 0.1) is 6.92 Å². The number of hydrogen-bond acceptors (Lipinski definition) is 1. The lowest BCUT2D eigenvalue weighted by molar-refractivity contribution is -0.137. The van der Waals surface area contributed by atoms with Crippen molar-refractivity contribution in [3.63, 3.8) is 0 Å². The number of halogens is 3. The van der Waals surface area contributed by atoms with E-state index in [4.69, 9.17) is 0 Å². The number of nitrogens with zero attached hydrogens (tertiary/aromatic N) is 2. The van der Waals surface area contributed by atoms with Gasteiger partial charge < -0.3 is 4.57 Å². The molecule has 1 aromatic heterocycles. The molecular weight excluding hydrogens is 325 g/mol. The highest BCUT2D eigenvalue weighted by Gasteiger charge is 2.32. The average molecular weight is 340 g/mol. The molecule has 0 spiro atoms. The van der Waals surface area contributed by atoms with Crippen LogP contribution in [0.2, 0.25) is 0 Å². The van der Waals surface area contributed by atoms with Gasteiger partial charge in [-0.1, -0.05) is 30.3 Å². The Morgan fingerprint density at radius 2 is 1.76 bits per heavy atom. The highest BCUT2D eigenvalue weighted by atomic mass is 19.4. The maximum atomic E-state index is 13.2. The molecule has 0 saturated carbocycles. The molecule has 5 heteroatoms. The summed E-state index contributed by atoms with van der Waals surface area (Å²) < 4.78 is 41.7. The molecule has 3 aromatic rings. The maximum absolute atomic E-state index is 13.2. The van der Waals surface area contributed by atoms with Crippen LogP contribution in [0.5, 0.6) is 0 Å². The van der Waals surface area contributed by atoms with Crippen LogP contribution in [0.1, 0.15) is 27.9 Å². The fourth-order valence-electron chi connectivity index (χ4n) is 3.18. The van der Waals surface area contributed by atoms with Crippen molar-refractivity contribution >= 4 is 5.71 Å². The second-order valence-electron chi connectivity index (χ2n) is 6.08. The van der Waals surface area contributed by atoms with Gasteiger partial charge in [0.05, 0.1) is 23.5 Å². The van der Waals surface area contributed by atoms with Gasteiger partial charge >= 0.3 is 6.18 Å². The molecule has 0 unspecified atom stereocenters. The predicted molar refractivity (Wildman–Crippen MR) is 91.3 cm³/mol. The van der Waals surface area contributed by atoms with E-state index >= 15 is 0 Å². The minimum Gasteiger partial charge on any atom is -0.318 e. The number of hydrogen-bond donors (Lipinski definition) is 0. The van der Waals surface area contributed by atoms with Crippen molar-refractivity contribution in [2.45, 2.75) is 19.6 Å². The molecule has 2 nitrogen and oxygen atoms in total. The molecule has 0 atom stereocenters. The second kappa shape index (κ2) is 5.62. The number of aryl methyl sites for hydroxylation is 1. The summed E-state index contributed by atoms with van der Waals surface area (Å²) in [5.41, 5.74) is 4.01. The summed E-state index contributed by atoms with van der Waals surface area (Å²) >= 11 is 0. The first-order chi connectivity index (χ1) is 11.9. The Hall–Kier alpha value is -2.82. The molecule has 0 radical (unpaired) electrons. The van der Waals surface area contributed by atoms with Gasteiger partial charge in [0.15, 0.2) is 0 Å². The second-order valence-corrected chi connectivity index (χ2v) is 6.08. The Morgan fingerprint density at radius 3 is 2.48 bits per heavy atom. The smallest absolute Gasteiger partial charge is 0.318 e. The van der Waals surface area contributed by atoms with E-state index in [9.17, 15) is 13.2 Å². The van der Waals surface area contributed by atoms with Crippen molar-refractivity contribution in [2.24, 2.45) is 4.99 Å². The number of aliphatic imine (C=N–C) groups is 1. The number of rotatable bonds is 1. The lowest BCUT2D eigenvalue weighted by Gasteiger charge is -2.15.